The first-order chi connectivity index (χ1) is 13.2. The Labute approximate surface area is 166 Å². The van der Waals surface area contributed by atoms with Gasteiger partial charge in [0.1, 0.15) is 5.82 Å². The average Bonchev–Trinajstić information content (AvgIpc) is 3.08. The molecule has 3 aromatic rings. The fourth-order valence-electron chi connectivity index (χ4n) is 3.04. The number of hydrogen-bond donors (Lipinski definition) is 1. The highest BCUT2D eigenvalue weighted by Gasteiger charge is 2.41. The Morgan fingerprint density at radius 3 is 2.68 bits per heavy atom. The lowest BCUT2D eigenvalue weighted by Gasteiger charge is -2.12. The molecule has 0 bridgehead atoms. The highest BCUT2D eigenvalue weighted by atomic mass is 32.2. The van der Waals surface area contributed by atoms with Crippen LogP contribution < -0.4 is 10.4 Å². The minimum Gasteiger partial charge on any atom is -0.383 e. The number of aromatic nitrogens is 4. The van der Waals surface area contributed by atoms with Gasteiger partial charge in [-0.05, 0) is 44.9 Å². The van der Waals surface area contributed by atoms with Gasteiger partial charge in [-0.3, -0.25) is 4.57 Å². The Morgan fingerprint density at radius 1 is 1.32 bits per heavy atom. The summed E-state index contributed by atoms with van der Waals surface area (Å²) in [6, 6.07) is 4.69. The molecule has 0 radical (unpaired) electrons. The Morgan fingerprint density at radius 2 is 2.07 bits per heavy atom. The summed E-state index contributed by atoms with van der Waals surface area (Å²) in [6.07, 6.45) is 1.63. The fourth-order valence-corrected chi connectivity index (χ4v) is 5.21. The Hall–Kier alpha value is -2.08. The molecule has 0 saturated heterocycles. The third-order valence-corrected chi connectivity index (χ3v) is 7.25. The first-order valence-electron chi connectivity index (χ1n) is 8.83. The Balaban J connectivity index is 1.90. The van der Waals surface area contributed by atoms with E-state index in [1.54, 1.807) is 24.7 Å². The highest BCUT2D eigenvalue weighted by molar-refractivity contribution is 7.89. The molecule has 11 heteroatoms. The van der Waals surface area contributed by atoms with Crippen molar-refractivity contribution in [2.24, 2.45) is 0 Å². The second kappa shape index (κ2) is 6.76. The maximum atomic E-state index is 13.0. The molecular formula is C17H21N5O4S2. The van der Waals surface area contributed by atoms with Crippen LogP contribution in [0.4, 0.5) is 0 Å². The van der Waals surface area contributed by atoms with Gasteiger partial charge in [-0.25, -0.2) is 27.5 Å². The molecule has 1 aliphatic rings. The van der Waals surface area contributed by atoms with Gasteiger partial charge in [0.2, 0.25) is 15.2 Å². The van der Waals surface area contributed by atoms with Gasteiger partial charge in [0.25, 0.3) is 0 Å². The van der Waals surface area contributed by atoms with Gasteiger partial charge >= 0.3 is 5.69 Å². The summed E-state index contributed by atoms with van der Waals surface area (Å²) in [7, 11) is -2.13. The summed E-state index contributed by atoms with van der Waals surface area (Å²) in [5.74, 6) is 0.553. The molecule has 150 valence electrons. The third kappa shape index (κ3) is 3.39. The maximum absolute atomic E-state index is 13.0. The second-order valence-corrected chi connectivity index (χ2v) is 9.62. The van der Waals surface area contributed by atoms with E-state index in [0.29, 0.717) is 35.1 Å². The Bertz CT molecular complexity index is 1200. The molecule has 4 rings (SSSR count). The van der Waals surface area contributed by atoms with Crippen molar-refractivity contribution in [3.8, 4) is 5.13 Å². The van der Waals surface area contributed by atoms with Crippen LogP contribution in [0.5, 0.6) is 0 Å². The first kappa shape index (κ1) is 19.2. The van der Waals surface area contributed by atoms with Crippen molar-refractivity contribution in [1.29, 1.82) is 0 Å². The number of imidazole rings is 1. The van der Waals surface area contributed by atoms with E-state index in [-0.39, 0.29) is 16.1 Å². The lowest BCUT2D eigenvalue weighted by molar-refractivity contribution is 0.187. The van der Waals surface area contributed by atoms with Gasteiger partial charge in [-0.15, -0.1) is 0 Å². The number of hydrogen-bond acceptors (Lipinski definition) is 7. The van der Waals surface area contributed by atoms with E-state index in [4.69, 9.17) is 4.74 Å². The number of nitrogens with zero attached hydrogens (tertiary/aromatic N) is 4. The lowest BCUT2D eigenvalue weighted by atomic mass is 10.3. The van der Waals surface area contributed by atoms with Crippen molar-refractivity contribution in [2.45, 2.75) is 43.7 Å². The topological polar surface area (TPSA) is 108 Å². The van der Waals surface area contributed by atoms with Gasteiger partial charge in [0.05, 0.1) is 29.1 Å². The van der Waals surface area contributed by atoms with Crippen LogP contribution in [-0.4, -0.2) is 46.2 Å². The number of benzene rings is 1. The maximum Gasteiger partial charge on any atom is 0.335 e. The summed E-state index contributed by atoms with van der Waals surface area (Å²) in [4.78, 5) is 17.5. The lowest BCUT2D eigenvalue weighted by Crippen LogP contribution is -2.34. The molecule has 1 aliphatic carbocycles. The fraction of sp³-hybridized carbons (Fsp3) is 0.471. The van der Waals surface area contributed by atoms with Crippen LogP contribution in [0.3, 0.4) is 0 Å². The second-order valence-electron chi connectivity index (χ2n) is 7.20. The quantitative estimate of drug-likeness (QED) is 0.616. The SMILES string of the molecule is COCCn1c(=O)n(-c2nc(C)ns2)c2cc(S(=O)(=O)NC3(C)CC3)ccc21. The molecule has 0 spiro atoms. The zero-order chi connectivity index (χ0) is 20.1. The molecule has 28 heavy (non-hydrogen) atoms. The van der Waals surface area contributed by atoms with Crippen molar-refractivity contribution in [2.75, 3.05) is 13.7 Å². The van der Waals surface area contributed by atoms with Crippen molar-refractivity contribution in [3.63, 3.8) is 0 Å². The molecular weight excluding hydrogens is 402 g/mol. The molecule has 1 saturated carbocycles. The smallest absolute Gasteiger partial charge is 0.335 e. The van der Waals surface area contributed by atoms with E-state index >= 15 is 0 Å². The largest absolute Gasteiger partial charge is 0.383 e. The van der Waals surface area contributed by atoms with Crippen LogP contribution >= 0.6 is 11.5 Å². The summed E-state index contributed by atoms with van der Waals surface area (Å²) < 4.78 is 40.6. The molecule has 0 amide bonds. The van der Waals surface area contributed by atoms with E-state index in [1.807, 2.05) is 6.92 Å². The van der Waals surface area contributed by atoms with Gasteiger partial charge in [-0.2, -0.15) is 4.37 Å². The number of fused-ring (bicyclic) bond motifs is 1. The first-order valence-corrected chi connectivity index (χ1v) is 11.1. The molecule has 0 aliphatic heterocycles. The molecule has 2 heterocycles. The molecule has 9 nitrogen and oxygen atoms in total. The van der Waals surface area contributed by atoms with Crippen molar-refractivity contribution in [3.05, 3.63) is 34.5 Å². The summed E-state index contributed by atoms with van der Waals surface area (Å²) in [5.41, 5.74) is 0.404. The summed E-state index contributed by atoms with van der Waals surface area (Å²) in [5, 5.41) is 0.403. The van der Waals surface area contributed by atoms with Crippen molar-refractivity contribution in [1.82, 2.24) is 23.2 Å². The Kier molecular flexibility index (Phi) is 4.65. The van der Waals surface area contributed by atoms with Crippen LogP contribution in [-0.2, 0) is 21.3 Å². The van der Waals surface area contributed by atoms with E-state index in [1.165, 1.54) is 16.7 Å². The van der Waals surface area contributed by atoms with Gasteiger partial charge in [-0.1, -0.05) is 0 Å². The molecule has 0 atom stereocenters. The number of aryl methyl sites for hydroxylation is 1. The third-order valence-electron chi connectivity index (χ3n) is 4.82. The zero-order valence-electron chi connectivity index (χ0n) is 15.8. The molecule has 1 aromatic carbocycles. The zero-order valence-corrected chi connectivity index (χ0v) is 17.4. The highest BCUT2D eigenvalue weighted by Crippen LogP contribution is 2.36. The van der Waals surface area contributed by atoms with Crippen LogP contribution in [0.1, 0.15) is 25.6 Å². The molecule has 2 aromatic heterocycles. The number of methoxy groups -OCH3 is 1. The number of ether oxygens (including phenoxy) is 1. The molecule has 0 unspecified atom stereocenters. The minimum absolute atomic E-state index is 0.118. The van der Waals surface area contributed by atoms with Crippen molar-refractivity contribution >= 4 is 32.6 Å². The standard InChI is InChI=1S/C17H21N5O4S2/c1-11-18-15(27-19-11)22-14-10-12(28(24,25)20-17(2)6-7-17)4-5-13(14)21(16(22)23)8-9-26-3/h4-5,10,20H,6-9H2,1-3H3. The van der Waals surface area contributed by atoms with Crippen LogP contribution in [0, 0.1) is 6.92 Å². The van der Waals surface area contributed by atoms with Crippen LogP contribution in [0.25, 0.3) is 16.2 Å². The summed E-state index contributed by atoms with van der Waals surface area (Å²) in [6.45, 7) is 4.32. The van der Waals surface area contributed by atoms with Gasteiger partial charge in [0, 0.05) is 24.2 Å². The normalized spacial score (nSPS) is 16.0. The number of sulfonamides is 1. The predicted octanol–water partition coefficient (Wildman–Crippen LogP) is 1.43. The van der Waals surface area contributed by atoms with Crippen molar-refractivity contribution < 1.29 is 13.2 Å². The van der Waals surface area contributed by atoms with Gasteiger partial charge < -0.3 is 4.74 Å². The average molecular weight is 424 g/mol. The van der Waals surface area contributed by atoms with E-state index in [2.05, 4.69) is 14.1 Å². The minimum atomic E-state index is -3.69. The van der Waals surface area contributed by atoms with Gasteiger partial charge in [0.15, 0.2) is 0 Å². The molecule has 1 fully saturated rings. The van der Waals surface area contributed by atoms with E-state index < -0.39 is 10.0 Å². The van der Waals surface area contributed by atoms with E-state index in [0.717, 1.165) is 24.4 Å². The molecule has 1 N–H and O–H groups in total. The predicted molar refractivity (Wildman–Crippen MR) is 106 cm³/mol. The summed E-state index contributed by atoms with van der Waals surface area (Å²) >= 11 is 1.09. The number of nitrogens with one attached hydrogen (secondary N) is 1. The monoisotopic (exact) mass is 423 g/mol. The van der Waals surface area contributed by atoms with E-state index in [9.17, 15) is 13.2 Å². The number of rotatable bonds is 7. The van der Waals surface area contributed by atoms with Crippen LogP contribution in [0.15, 0.2) is 27.9 Å². The van der Waals surface area contributed by atoms with Crippen LogP contribution in [0.2, 0.25) is 0 Å².